The zero-order chi connectivity index (χ0) is 40.2. The molecule has 56 heavy (non-hydrogen) atoms. The van der Waals surface area contributed by atoms with E-state index in [-0.39, 0.29) is 61.3 Å². The molecule has 6 N–H and O–H groups in total. The molecule has 7 rings (SSSR count). The summed E-state index contributed by atoms with van der Waals surface area (Å²) in [4.78, 5) is -0.902. The van der Waals surface area contributed by atoms with E-state index in [2.05, 4.69) is 20.5 Å². The first-order valence-corrected chi connectivity index (χ1v) is 20.3. The number of phenols is 4. The van der Waals surface area contributed by atoms with Crippen LogP contribution in [-0.4, -0.2) is 46.4 Å². The second-order valence-corrected chi connectivity index (χ2v) is 16.7. The first-order chi connectivity index (χ1) is 26.5. The number of azo groups is 2. The van der Waals surface area contributed by atoms with Crippen LogP contribution in [0.5, 0.6) is 23.0 Å². The van der Waals surface area contributed by atoms with Crippen LogP contribution in [0.3, 0.4) is 0 Å². The second kappa shape index (κ2) is 14.3. The SMILES string of the molecule is Cc1cc(C2(c3ccc(N=Nc4c(O)ccc5c(S(=O)(=O)O)ccc(O)c45)c(C)c3)CCCCC2)ccc1N=Nc1c(O)ccc2c(S(=O)(=O)O)ccc(O)c12. The van der Waals surface area contributed by atoms with E-state index in [9.17, 15) is 46.4 Å². The van der Waals surface area contributed by atoms with Crippen LogP contribution in [0.25, 0.3) is 21.5 Å². The molecule has 14 nitrogen and oxygen atoms in total. The molecule has 1 fully saturated rings. The Kier molecular flexibility index (Phi) is 9.78. The van der Waals surface area contributed by atoms with Gasteiger partial charge in [-0.3, -0.25) is 9.11 Å². The second-order valence-electron chi connectivity index (χ2n) is 13.9. The number of fused-ring (bicyclic) bond motifs is 2. The lowest BCUT2D eigenvalue weighted by atomic mass is 9.65. The Bertz CT molecular complexity index is 2680. The van der Waals surface area contributed by atoms with Crippen molar-refractivity contribution in [2.75, 3.05) is 0 Å². The predicted molar refractivity (Wildman–Crippen MR) is 209 cm³/mol. The van der Waals surface area contributed by atoms with E-state index in [1.54, 1.807) is 0 Å². The van der Waals surface area contributed by atoms with Crippen molar-refractivity contribution in [1.29, 1.82) is 0 Å². The van der Waals surface area contributed by atoms with Crippen LogP contribution in [0.4, 0.5) is 22.7 Å². The lowest BCUT2D eigenvalue weighted by Gasteiger charge is -2.39. The lowest BCUT2D eigenvalue weighted by Crippen LogP contribution is -2.30. The minimum atomic E-state index is -4.65. The third-order valence-corrected chi connectivity index (χ3v) is 12.2. The van der Waals surface area contributed by atoms with E-state index < -0.39 is 30.0 Å². The van der Waals surface area contributed by atoms with Crippen LogP contribution in [0.1, 0.15) is 54.4 Å². The van der Waals surface area contributed by atoms with E-state index in [1.807, 2.05) is 50.2 Å². The van der Waals surface area contributed by atoms with Crippen molar-refractivity contribution in [3.05, 3.63) is 107 Å². The Morgan fingerprint density at radius 3 is 1.27 bits per heavy atom. The van der Waals surface area contributed by atoms with Crippen molar-refractivity contribution in [3.8, 4) is 23.0 Å². The number of aromatic hydroxyl groups is 4. The Balaban J connectivity index is 1.23. The highest BCUT2D eigenvalue weighted by molar-refractivity contribution is 7.86. The van der Waals surface area contributed by atoms with E-state index in [0.717, 1.165) is 78.6 Å². The van der Waals surface area contributed by atoms with Crippen LogP contribution in [0.2, 0.25) is 0 Å². The minimum Gasteiger partial charge on any atom is -0.507 e. The van der Waals surface area contributed by atoms with E-state index >= 15 is 0 Å². The van der Waals surface area contributed by atoms with Crippen LogP contribution in [0, 0.1) is 13.8 Å². The highest BCUT2D eigenvalue weighted by Crippen LogP contribution is 2.48. The van der Waals surface area contributed by atoms with Gasteiger partial charge in [0.1, 0.15) is 44.2 Å². The van der Waals surface area contributed by atoms with Crippen molar-refractivity contribution in [3.63, 3.8) is 0 Å². The van der Waals surface area contributed by atoms with Gasteiger partial charge in [0.15, 0.2) is 0 Å². The van der Waals surface area contributed by atoms with E-state index in [0.29, 0.717) is 11.4 Å². The lowest BCUT2D eigenvalue weighted by molar-refractivity contribution is 0.346. The van der Waals surface area contributed by atoms with Gasteiger partial charge in [-0.1, -0.05) is 43.5 Å². The standard InChI is InChI=1S/C40H36N4O10S2/c1-22-20-24(6-10-28(22)41-43-38-32(47)12-8-26-34(55(49,50)51)16-14-30(45)36(26)38)40(18-4-3-5-19-40)25-7-11-29(23(2)21-25)42-44-39-33(48)13-9-27-35(56(52,53)54)17-15-31(46)37(27)39/h6-17,20-21,45-48H,3-5,18-19H2,1-2H3,(H,49,50,51)(H,52,53,54). The summed E-state index contributed by atoms with van der Waals surface area (Å²) in [5.74, 6) is -1.41. The summed E-state index contributed by atoms with van der Waals surface area (Å²) in [6, 6.07) is 20.9. The third-order valence-electron chi connectivity index (χ3n) is 10.4. The maximum absolute atomic E-state index is 12.0. The number of hydrogen-bond donors (Lipinski definition) is 6. The highest BCUT2D eigenvalue weighted by atomic mass is 32.2. The Hall–Kier alpha value is -5.94. The maximum atomic E-state index is 12.0. The number of rotatable bonds is 8. The molecular weight excluding hydrogens is 761 g/mol. The molecule has 1 aliphatic rings. The fourth-order valence-corrected chi connectivity index (χ4v) is 9.01. The molecule has 288 valence electrons. The first kappa shape index (κ1) is 38.3. The molecule has 0 unspecified atom stereocenters. The van der Waals surface area contributed by atoms with Gasteiger partial charge in [0.2, 0.25) is 0 Å². The molecule has 0 atom stereocenters. The molecule has 0 saturated heterocycles. The molecule has 6 aromatic carbocycles. The third kappa shape index (κ3) is 6.92. The molecule has 0 amide bonds. The van der Waals surface area contributed by atoms with Gasteiger partial charge in [-0.15, -0.1) is 10.2 Å². The molecule has 0 spiro atoms. The van der Waals surface area contributed by atoms with Gasteiger partial charge in [-0.2, -0.15) is 27.1 Å². The molecule has 1 saturated carbocycles. The van der Waals surface area contributed by atoms with Gasteiger partial charge in [0.25, 0.3) is 20.2 Å². The largest absolute Gasteiger partial charge is 0.507 e. The van der Waals surface area contributed by atoms with E-state index in [4.69, 9.17) is 0 Å². The molecule has 16 heteroatoms. The summed E-state index contributed by atoms with van der Waals surface area (Å²) in [5.41, 5.74) is 3.90. The molecule has 6 aromatic rings. The van der Waals surface area contributed by atoms with Gasteiger partial charge in [-0.05, 0) is 110 Å². The smallest absolute Gasteiger partial charge is 0.295 e. The van der Waals surface area contributed by atoms with Crippen LogP contribution in [0.15, 0.2) is 115 Å². The summed E-state index contributed by atoms with van der Waals surface area (Å²) < 4.78 is 67.4. The zero-order valence-electron chi connectivity index (χ0n) is 30.0. The quantitative estimate of drug-likeness (QED) is 0.0629. The summed E-state index contributed by atoms with van der Waals surface area (Å²) in [6.45, 7) is 3.75. The topological polar surface area (TPSA) is 239 Å². The number of nitrogens with zero attached hydrogens (tertiary/aromatic N) is 4. The Morgan fingerprint density at radius 1 is 0.500 bits per heavy atom. The fraction of sp³-hybridized carbons (Fsp3) is 0.200. The summed E-state index contributed by atoms with van der Waals surface area (Å²) >= 11 is 0. The molecule has 0 aromatic heterocycles. The Morgan fingerprint density at radius 2 is 0.893 bits per heavy atom. The number of phenolic OH excluding ortho intramolecular Hbond substituents is 4. The predicted octanol–water partition coefficient (Wildman–Crippen LogP) is 10.0. The van der Waals surface area contributed by atoms with Crippen LogP contribution < -0.4 is 0 Å². The van der Waals surface area contributed by atoms with Crippen LogP contribution in [-0.2, 0) is 25.7 Å². The van der Waals surface area contributed by atoms with Crippen molar-refractivity contribution in [2.24, 2.45) is 20.5 Å². The summed E-state index contributed by atoms with van der Waals surface area (Å²) in [6.07, 6.45) is 4.80. The van der Waals surface area contributed by atoms with Crippen molar-refractivity contribution in [1.82, 2.24) is 0 Å². The maximum Gasteiger partial charge on any atom is 0.295 e. The zero-order valence-corrected chi connectivity index (χ0v) is 31.7. The van der Waals surface area contributed by atoms with Crippen molar-refractivity contribution < 1.29 is 46.4 Å². The highest BCUT2D eigenvalue weighted by Gasteiger charge is 2.36. The normalized spacial score (nSPS) is 15.0. The molecule has 0 bridgehead atoms. The van der Waals surface area contributed by atoms with Gasteiger partial charge in [-0.25, -0.2) is 0 Å². The molecule has 0 heterocycles. The average Bonchev–Trinajstić information content (AvgIpc) is 3.14. The first-order valence-electron chi connectivity index (χ1n) is 17.5. The average molecular weight is 797 g/mol. The van der Waals surface area contributed by atoms with Gasteiger partial charge in [0, 0.05) is 16.2 Å². The Labute approximate surface area is 321 Å². The van der Waals surface area contributed by atoms with Gasteiger partial charge < -0.3 is 20.4 Å². The van der Waals surface area contributed by atoms with Crippen molar-refractivity contribution >= 4 is 64.5 Å². The van der Waals surface area contributed by atoms with Crippen molar-refractivity contribution in [2.45, 2.75) is 61.2 Å². The molecule has 1 aliphatic carbocycles. The van der Waals surface area contributed by atoms with Crippen LogP contribution >= 0.6 is 0 Å². The van der Waals surface area contributed by atoms with Gasteiger partial charge >= 0.3 is 0 Å². The van der Waals surface area contributed by atoms with E-state index in [1.165, 1.54) is 24.3 Å². The molecule has 0 aliphatic heterocycles. The molecular formula is C40H36N4O10S2. The summed E-state index contributed by atoms with van der Waals surface area (Å²) in [5, 5.41) is 59.4. The number of hydrogen-bond acceptors (Lipinski definition) is 12. The monoisotopic (exact) mass is 796 g/mol. The van der Waals surface area contributed by atoms with Gasteiger partial charge in [0.05, 0.1) is 22.1 Å². The number of aryl methyl sites for hydroxylation is 2. The number of benzene rings is 6. The summed E-state index contributed by atoms with van der Waals surface area (Å²) in [7, 11) is -9.29. The minimum absolute atomic E-state index is 0.0337. The fourth-order valence-electron chi connectivity index (χ4n) is 7.64. The molecule has 0 radical (unpaired) electrons.